The monoisotopic (exact) mass is 776 g/mol. The highest BCUT2D eigenvalue weighted by Gasteiger charge is 2.13. The van der Waals surface area contributed by atoms with Crippen molar-refractivity contribution in [1.82, 2.24) is 0 Å². The van der Waals surface area contributed by atoms with Crippen molar-refractivity contribution in [1.29, 1.82) is 0 Å². The molecule has 0 N–H and O–H groups in total. The summed E-state index contributed by atoms with van der Waals surface area (Å²) in [7, 11) is 0. The number of fused-ring (bicyclic) bond motifs is 9. The number of hydrogen-bond acceptors (Lipinski definition) is 3. The first-order chi connectivity index (χ1) is 28.2. The van der Waals surface area contributed by atoms with E-state index in [1.54, 1.807) is 0 Å². The van der Waals surface area contributed by atoms with Crippen LogP contribution in [0.1, 0.15) is 0 Å². The fourth-order valence-electron chi connectivity index (χ4n) is 8.58. The lowest BCUT2D eigenvalue weighted by molar-refractivity contribution is 1.57. The van der Waals surface area contributed by atoms with Gasteiger partial charge in [-0.15, -0.1) is 34.0 Å². The SMILES string of the molecule is c1cc(-c2ccc(-c3cc(-c4ccc5c(c4)sc4ccccc45)cc(-c4ccc5c(c4)sc4ccccc45)c3)cc2)cc(-c2ccc3c(c2)sc2ccccc23)c1. The molecule has 3 heteroatoms. The van der Waals surface area contributed by atoms with E-state index >= 15 is 0 Å². The molecule has 0 amide bonds. The molecular formula is C54H32S3. The van der Waals surface area contributed by atoms with Crippen LogP contribution in [0.3, 0.4) is 0 Å². The molecule has 3 heterocycles. The van der Waals surface area contributed by atoms with Gasteiger partial charge in [0, 0.05) is 60.5 Å². The summed E-state index contributed by atoms with van der Waals surface area (Å²) in [6, 6.07) is 72.3. The van der Waals surface area contributed by atoms with E-state index < -0.39 is 0 Å². The lowest BCUT2D eigenvalue weighted by Crippen LogP contribution is -1.87. The van der Waals surface area contributed by atoms with Gasteiger partial charge < -0.3 is 0 Å². The van der Waals surface area contributed by atoms with Gasteiger partial charge in [-0.05, 0) is 116 Å². The predicted octanol–water partition coefficient (Wildman–Crippen LogP) is 17.1. The van der Waals surface area contributed by atoms with Crippen molar-refractivity contribution in [2.24, 2.45) is 0 Å². The zero-order valence-corrected chi connectivity index (χ0v) is 33.1. The van der Waals surface area contributed by atoms with Gasteiger partial charge in [0.25, 0.3) is 0 Å². The molecule has 0 saturated carbocycles. The molecule has 0 nitrogen and oxygen atoms in total. The predicted molar refractivity (Wildman–Crippen MR) is 252 cm³/mol. The first kappa shape index (κ1) is 32.8. The minimum atomic E-state index is 1.21. The van der Waals surface area contributed by atoms with Crippen LogP contribution in [0.4, 0.5) is 0 Å². The van der Waals surface area contributed by atoms with Gasteiger partial charge in [-0.2, -0.15) is 0 Å². The molecule has 0 saturated heterocycles. The van der Waals surface area contributed by atoms with Crippen LogP contribution in [0, 0.1) is 0 Å². The van der Waals surface area contributed by atoms with Crippen molar-refractivity contribution >= 4 is 94.5 Å². The highest BCUT2D eigenvalue weighted by atomic mass is 32.1. The van der Waals surface area contributed by atoms with Crippen LogP contribution in [0.25, 0.3) is 116 Å². The molecule has 0 spiro atoms. The van der Waals surface area contributed by atoms with E-state index in [0.29, 0.717) is 0 Å². The summed E-state index contributed by atoms with van der Waals surface area (Å²) in [6.07, 6.45) is 0. The average Bonchev–Trinajstić information content (AvgIpc) is 3.96. The van der Waals surface area contributed by atoms with E-state index in [2.05, 4.69) is 194 Å². The Balaban J connectivity index is 0.938. The largest absolute Gasteiger partial charge is 0.135 e. The van der Waals surface area contributed by atoms with E-state index in [-0.39, 0.29) is 0 Å². The molecule has 0 aliphatic rings. The van der Waals surface area contributed by atoms with Crippen LogP contribution in [-0.2, 0) is 0 Å². The molecule has 9 aromatic carbocycles. The second-order valence-electron chi connectivity index (χ2n) is 14.9. The molecule has 3 aromatic heterocycles. The maximum absolute atomic E-state index is 2.38. The van der Waals surface area contributed by atoms with Crippen LogP contribution in [0.15, 0.2) is 194 Å². The van der Waals surface area contributed by atoms with Gasteiger partial charge in [0.05, 0.1) is 0 Å². The molecule has 266 valence electrons. The molecule has 12 rings (SSSR count). The molecule has 0 aliphatic carbocycles. The molecule has 0 radical (unpaired) electrons. The summed E-state index contributed by atoms with van der Waals surface area (Å²) in [4.78, 5) is 0. The number of benzene rings is 9. The van der Waals surface area contributed by atoms with Crippen molar-refractivity contribution in [3.05, 3.63) is 194 Å². The molecule has 57 heavy (non-hydrogen) atoms. The highest BCUT2D eigenvalue weighted by Crippen LogP contribution is 2.42. The maximum Gasteiger partial charge on any atom is 0.0361 e. The van der Waals surface area contributed by atoms with Crippen molar-refractivity contribution in [3.8, 4) is 55.6 Å². The average molecular weight is 777 g/mol. The topological polar surface area (TPSA) is 0 Å². The number of thiophene rings is 3. The summed E-state index contributed by atoms with van der Waals surface area (Å²) >= 11 is 5.63. The Kier molecular flexibility index (Phi) is 7.55. The molecule has 12 aromatic rings. The van der Waals surface area contributed by atoms with Gasteiger partial charge in [-0.3, -0.25) is 0 Å². The van der Waals surface area contributed by atoms with E-state index in [1.165, 1.54) is 116 Å². The Labute approximate surface area is 342 Å². The van der Waals surface area contributed by atoms with Crippen molar-refractivity contribution < 1.29 is 0 Å². The smallest absolute Gasteiger partial charge is 0.0361 e. The van der Waals surface area contributed by atoms with Gasteiger partial charge in [0.2, 0.25) is 0 Å². The van der Waals surface area contributed by atoms with Crippen LogP contribution in [-0.4, -0.2) is 0 Å². The first-order valence-corrected chi connectivity index (χ1v) is 21.7. The van der Waals surface area contributed by atoms with Crippen molar-refractivity contribution in [3.63, 3.8) is 0 Å². The van der Waals surface area contributed by atoms with Crippen LogP contribution in [0.2, 0.25) is 0 Å². The highest BCUT2D eigenvalue weighted by molar-refractivity contribution is 7.26. The summed E-state index contributed by atoms with van der Waals surface area (Å²) in [5.41, 5.74) is 12.3. The van der Waals surface area contributed by atoms with Gasteiger partial charge in [0.15, 0.2) is 0 Å². The summed E-state index contributed by atoms with van der Waals surface area (Å²) in [5.74, 6) is 0. The summed E-state index contributed by atoms with van der Waals surface area (Å²) in [5, 5.41) is 7.98. The fourth-order valence-corrected chi connectivity index (χ4v) is 12.0. The van der Waals surface area contributed by atoms with Gasteiger partial charge in [0.1, 0.15) is 0 Å². The third kappa shape index (κ3) is 5.62. The standard InChI is InChI=1S/C54H32S3/c1-4-13-49-43(10-1)46-23-20-37(30-52(46)55-49)36-9-7-8-35(26-36)33-16-18-34(19-17-33)40-27-41(38-21-24-47-44-11-2-5-14-50(44)56-53(47)31-38)29-42(28-40)39-22-25-48-45-12-3-6-15-51(45)57-54(48)32-39/h1-32H. The molecule has 0 atom stereocenters. The molecular weight excluding hydrogens is 745 g/mol. The van der Waals surface area contributed by atoms with E-state index in [0.717, 1.165) is 0 Å². The summed E-state index contributed by atoms with van der Waals surface area (Å²) < 4.78 is 7.98. The first-order valence-electron chi connectivity index (χ1n) is 19.3. The molecule has 0 fully saturated rings. The lowest BCUT2D eigenvalue weighted by Gasteiger charge is -2.13. The lowest BCUT2D eigenvalue weighted by atomic mass is 9.92. The number of rotatable bonds is 5. The van der Waals surface area contributed by atoms with Gasteiger partial charge in [-0.25, -0.2) is 0 Å². The Morgan fingerprint density at radius 3 is 0.895 bits per heavy atom. The second-order valence-corrected chi connectivity index (χ2v) is 18.1. The van der Waals surface area contributed by atoms with Crippen molar-refractivity contribution in [2.45, 2.75) is 0 Å². The number of hydrogen-bond donors (Lipinski definition) is 0. The van der Waals surface area contributed by atoms with Crippen LogP contribution >= 0.6 is 34.0 Å². The fraction of sp³-hybridized carbons (Fsp3) is 0. The zero-order chi connectivity index (χ0) is 37.5. The third-order valence-electron chi connectivity index (χ3n) is 11.5. The van der Waals surface area contributed by atoms with Gasteiger partial charge in [-0.1, -0.05) is 133 Å². The van der Waals surface area contributed by atoms with Crippen LogP contribution in [0.5, 0.6) is 0 Å². The van der Waals surface area contributed by atoms with Crippen LogP contribution < -0.4 is 0 Å². The summed E-state index contributed by atoms with van der Waals surface area (Å²) in [6.45, 7) is 0. The molecule has 0 unspecified atom stereocenters. The minimum absolute atomic E-state index is 1.21. The molecule has 0 aliphatic heterocycles. The minimum Gasteiger partial charge on any atom is -0.135 e. The quantitative estimate of drug-likeness (QED) is 0.163. The van der Waals surface area contributed by atoms with Gasteiger partial charge >= 0.3 is 0 Å². The second kappa shape index (κ2) is 13.1. The maximum atomic E-state index is 2.38. The Bertz CT molecular complexity index is 3390. The Morgan fingerprint density at radius 1 is 0.175 bits per heavy atom. The van der Waals surface area contributed by atoms with E-state index in [1.807, 2.05) is 34.0 Å². The van der Waals surface area contributed by atoms with E-state index in [4.69, 9.17) is 0 Å². The Morgan fingerprint density at radius 2 is 0.456 bits per heavy atom. The van der Waals surface area contributed by atoms with Crippen molar-refractivity contribution in [2.75, 3.05) is 0 Å². The molecule has 0 bridgehead atoms. The zero-order valence-electron chi connectivity index (χ0n) is 30.7. The Hall–Kier alpha value is -6.36. The normalized spacial score (nSPS) is 11.9. The third-order valence-corrected chi connectivity index (χ3v) is 14.9. The van der Waals surface area contributed by atoms with E-state index in [9.17, 15) is 0 Å².